The second-order valence-electron chi connectivity index (χ2n) is 7.52. The van der Waals surface area contributed by atoms with Gasteiger partial charge >= 0.3 is 21.6 Å². The molecule has 0 aliphatic heterocycles. The zero-order valence-corrected chi connectivity index (χ0v) is 21.2. The van der Waals surface area contributed by atoms with Crippen molar-refractivity contribution in [3.8, 4) is 0 Å². The molecule has 6 N–H and O–H groups in total. The van der Waals surface area contributed by atoms with Gasteiger partial charge in [0.25, 0.3) is 0 Å². The van der Waals surface area contributed by atoms with E-state index in [1.807, 2.05) is 0 Å². The number of unbranched alkanes of at least 4 members (excludes halogenated alkanes) is 8. The lowest BCUT2D eigenvalue weighted by Crippen LogP contribution is -2.40. The van der Waals surface area contributed by atoms with Crippen molar-refractivity contribution in [2.45, 2.75) is 103 Å². The zero-order valence-electron chi connectivity index (χ0n) is 19.4. The van der Waals surface area contributed by atoms with Crippen LogP contribution in [-0.4, -0.2) is 60.4 Å². The predicted molar refractivity (Wildman–Crippen MR) is 120 cm³/mol. The van der Waals surface area contributed by atoms with Gasteiger partial charge in [-0.25, -0.2) is 9.13 Å². The molecular formula is C19H40O12P2. The first kappa shape index (κ1) is 34.5. The maximum Gasteiger partial charge on any atom is 0.478 e. The molecule has 0 radical (unpaired) electrons. The summed E-state index contributed by atoms with van der Waals surface area (Å²) < 4.78 is 27.4. The molecule has 14 heteroatoms. The van der Waals surface area contributed by atoms with Gasteiger partial charge in [-0.2, -0.15) is 4.31 Å². The van der Waals surface area contributed by atoms with Crippen molar-refractivity contribution in [2.24, 2.45) is 0 Å². The number of esters is 1. The number of carbonyl (C=O) groups excluding carboxylic acids is 2. The van der Waals surface area contributed by atoms with Crippen molar-refractivity contribution in [1.82, 2.24) is 0 Å². The van der Waals surface area contributed by atoms with E-state index in [2.05, 4.69) is 18.2 Å². The number of ketones is 1. The van der Waals surface area contributed by atoms with Gasteiger partial charge in [-0.05, 0) is 12.8 Å². The first-order valence-corrected chi connectivity index (χ1v) is 14.2. The van der Waals surface area contributed by atoms with E-state index in [-0.39, 0.29) is 18.6 Å². The summed E-state index contributed by atoms with van der Waals surface area (Å²) in [4.78, 5) is 55.0. The van der Waals surface area contributed by atoms with Crippen LogP contribution in [-0.2, 0) is 27.8 Å². The number of Topliss-reactive ketones (excluding diaryl/α,β-unsaturated/α-hetero) is 1. The van der Waals surface area contributed by atoms with Crippen LogP contribution in [0.2, 0.25) is 0 Å². The van der Waals surface area contributed by atoms with Gasteiger partial charge in [-0.15, -0.1) is 0 Å². The van der Waals surface area contributed by atoms with E-state index in [1.165, 1.54) is 0 Å². The molecule has 0 bridgehead atoms. The lowest BCUT2D eigenvalue weighted by atomic mass is 10.0. The van der Waals surface area contributed by atoms with E-state index < -0.39 is 40.4 Å². The Hall–Kier alpha value is -0.680. The Balaban J connectivity index is 0. The lowest BCUT2D eigenvalue weighted by Gasteiger charge is -2.20. The fourth-order valence-corrected chi connectivity index (χ4v) is 3.82. The molecule has 2 unspecified atom stereocenters. The van der Waals surface area contributed by atoms with Gasteiger partial charge in [0.1, 0.15) is 6.10 Å². The Labute approximate surface area is 195 Å². The van der Waals surface area contributed by atoms with Gasteiger partial charge < -0.3 is 34.5 Å². The Morgan fingerprint density at radius 2 is 1.18 bits per heavy atom. The third-order valence-electron chi connectivity index (χ3n) is 4.34. The molecule has 0 spiro atoms. The number of rotatable bonds is 18. The Kier molecular flexibility index (Phi) is 20.5. The maximum absolute atomic E-state index is 12.2. The molecule has 0 aromatic carbocycles. The van der Waals surface area contributed by atoms with Crippen LogP contribution in [0, 0.1) is 0 Å². The highest BCUT2D eigenvalue weighted by Gasteiger charge is 2.29. The summed E-state index contributed by atoms with van der Waals surface area (Å²) in [6, 6.07) is 0. The smallest absolute Gasteiger partial charge is 0.451 e. The molecule has 0 aromatic rings. The first-order valence-electron chi connectivity index (χ1n) is 11.1. The SMILES string of the molecule is CCCCCCCC(=O)OC(C(=O)CCCCCCC)C(O)CO.O=P(O)(O)OP(=O)(O)O. The Morgan fingerprint density at radius 3 is 1.55 bits per heavy atom. The van der Waals surface area contributed by atoms with Crippen LogP contribution in [0.3, 0.4) is 0 Å². The van der Waals surface area contributed by atoms with Gasteiger partial charge in [-0.1, -0.05) is 65.2 Å². The quantitative estimate of drug-likeness (QED) is 0.0872. The number of carbonyl (C=O) groups is 2. The fraction of sp³-hybridized carbons (Fsp3) is 0.895. The largest absolute Gasteiger partial charge is 0.478 e. The Morgan fingerprint density at radius 1 is 0.758 bits per heavy atom. The van der Waals surface area contributed by atoms with E-state index in [0.717, 1.165) is 64.2 Å². The van der Waals surface area contributed by atoms with Gasteiger partial charge in [0.15, 0.2) is 11.9 Å². The molecule has 198 valence electrons. The van der Waals surface area contributed by atoms with Crippen LogP contribution < -0.4 is 0 Å². The summed E-state index contributed by atoms with van der Waals surface area (Å²) in [5.74, 6) is -0.768. The van der Waals surface area contributed by atoms with Crippen LogP contribution >= 0.6 is 15.6 Å². The number of hydrogen-bond acceptors (Lipinski definition) is 8. The molecule has 0 heterocycles. The van der Waals surface area contributed by atoms with Crippen molar-refractivity contribution < 1.29 is 57.6 Å². The highest BCUT2D eigenvalue weighted by atomic mass is 31.3. The minimum Gasteiger partial charge on any atom is -0.451 e. The molecule has 0 amide bonds. The van der Waals surface area contributed by atoms with E-state index in [4.69, 9.17) is 29.4 Å². The van der Waals surface area contributed by atoms with Crippen molar-refractivity contribution in [3.05, 3.63) is 0 Å². The molecule has 0 aliphatic rings. The standard InChI is InChI=1S/C19H36O5.H4O7P2/c1-3-5-7-9-11-13-16(21)19(17(22)15-20)24-18(23)14-12-10-8-6-4-2;1-8(2,3)7-9(4,5)6/h17,19-20,22H,3-15H2,1-2H3;(H2,1,2,3)(H2,4,5,6). The van der Waals surface area contributed by atoms with Crippen molar-refractivity contribution in [3.63, 3.8) is 0 Å². The number of aliphatic hydroxyl groups excluding tert-OH is 2. The van der Waals surface area contributed by atoms with Crippen molar-refractivity contribution in [1.29, 1.82) is 0 Å². The normalized spacial score (nSPS) is 13.6. The molecular weight excluding hydrogens is 482 g/mol. The average molecular weight is 522 g/mol. The third kappa shape index (κ3) is 24.3. The number of ether oxygens (including phenoxy) is 1. The molecule has 0 aliphatic carbocycles. The van der Waals surface area contributed by atoms with Crippen LogP contribution in [0.15, 0.2) is 0 Å². The fourth-order valence-electron chi connectivity index (χ4n) is 2.71. The van der Waals surface area contributed by atoms with E-state index >= 15 is 0 Å². The topological polar surface area (TPSA) is 208 Å². The van der Waals surface area contributed by atoms with Crippen molar-refractivity contribution >= 4 is 27.4 Å². The summed E-state index contributed by atoms with van der Waals surface area (Å²) in [7, 11) is -10.1. The molecule has 2 atom stereocenters. The second-order valence-corrected chi connectivity index (χ2v) is 10.1. The number of aliphatic hydroxyl groups is 2. The van der Waals surface area contributed by atoms with E-state index in [1.54, 1.807) is 0 Å². The average Bonchev–Trinajstić information content (AvgIpc) is 2.68. The van der Waals surface area contributed by atoms with Crippen LogP contribution in [0.4, 0.5) is 0 Å². The molecule has 12 nitrogen and oxygen atoms in total. The molecule has 0 saturated heterocycles. The summed E-state index contributed by atoms with van der Waals surface area (Å²) >= 11 is 0. The van der Waals surface area contributed by atoms with E-state index in [0.29, 0.717) is 0 Å². The highest BCUT2D eigenvalue weighted by molar-refractivity contribution is 7.60. The summed E-state index contributed by atoms with van der Waals surface area (Å²) in [6.07, 6.45) is 8.05. The second kappa shape index (κ2) is 19.6. The lowest BCUT2D eigenvalue weighted by molar-refractivity contribution is -0.163. The monoisotopic (exact) mass is 522 g/mol. The summed E-state index contributed by atoms with van der Waals surface area (Å²) in [5, 5.41) is 18.9. The van der Waals surface area contributed by atoms with Crippen LogP contribution in [0.5, 0.6) is 0 Å². The Bertz CT molecular complexity index is 596. The van der Waals surface area contributed by atoms with Gasteiger partial charge in [0.05, 0.1) is 6.61 Å². The maximum atomic E-state index is 12.2. The minimum atomic E-state index is -5.05. The first-order chi connectivity index (χ1) is 15.3. The van der Waals surface area contributed by atoms with Gasteiger partial charge in [0, 0.05) is 12.8 Å². The van der Waals surface area contributed by atoms with E-state index in [9.17, 15) is 23.8 Å². The van der Waals surface area contributed by atoms with Crippen LogP contribution in [0.25, 0.3) is 0 Å². The zero-order chi connectivity index (χ0) is 25.9. The van der Waals surface area contributed by atoms with Crippen LogP contribution in [0.1, 0.15) is 90.9 Å². The molecule has 0 saturated carbocycles. The van der Waals surface area contributed by atoms with Crippen molar-refractivity contribution in [2.75, 3.05) is 6.61 Å². The summed E-state index contributed by atoms with van der Waals surface area (Å²) in [6.45, 7) is 3.67. The summed E-state index contributed by atoms with van der Waals surface area (Å²) in [5.41, 5.74) is 0. The predicted octanol–water partition coefficient (Wildman–Crippen LogP) is 2.73. The number of hydrogen-bond donors (Lipinski definition) is 6. The number of phosphoric acid groups is 2. The van der Waals surface area contributed by atoms with Gasteiger partial charge in [-0.3, -0.25) is 9.59 Å². The molecule has 0 fully saturated rings. The minimum absolute atomic E-state index is 0.252. The molecule has 0 rings (SSSR count). The molecule has 0 aromatic heterocycles. The molecule has 33 heavy (non-hydrogen) atoms. The third-order valence-corrected chi connectivity index (χ3v) is 6.04. The van der Waals surface area contributed by atoms with Gasteiger partial charge in [0.2, 0.25) is 0 Å². The highest BCUT2D eigenvalue weighted by Crippen LogP contribution is 2.53.